The van der Waals surface area contributed by atoms with Gasteiger partial charge >= 0.3 is 0 Å². The van der Waals surface area contributed by atoms with Gasteiger partial charge in [-0.25, -0.2) is 9.97 Å². The number of nitrogens with zero attached hydrogens (tertiary/aromatic N) is 3. The first-order valence-corrected chi connectivity index (χ1v) is 7.86. The lowest BCUT2D eigenvalue weighted by atomic mass is 10.00. The van der Waals surface area contributed by atoms with Crippen molar-refractivity contribution in [3.8, 4) is 0 Å². The number of imidazole rings is 1. The van der Waals surface area contributed by atoms with Gasteiger partial charge in [-0.05, 0) is 44.7 Å². The molecule has 3 nitrogen and oxygen atoms in total. The van der Waals surface area contributed by atoms with E-state index in [0.717, 1.165) is 29.0 Å². The Balaban J connectivity index is 2.54. The second-order valence-corrected chi connectivity index (χ2v) is 6.51. The Morgan fingerprint density at radius 3 is 2.60 bits per heavy atom. The Morgan fingerprint density at radius 2 is 2.00 bits per heavy atom. The van der Waals surface area contributed by atoms with Crippen molar-refractivity contribution in [2.45, 2.75) is 58.9 Å². The van der Waals surface area contributed by atoms with E-state index < -0.39 is 0 Å². The van der Waals surface area contributed by atoms with Gasteiger partial charge < -0.3 is 4.57 Å². The first kappa shape index (κ1) is 15.3. The van der Waals surface area contributed by atoms with Crippen LogP contribution in [0.2, 0.25) is 0 Å². The van der Waals surface area contributed by atoms with Gasteiger partial charge in [-0.2, -0.15) is 0 Å². The summed E-state index contributed by atoms with van der Waals surface area (Å²) in [6.07, 6.45) is 4.16. The number of hydrogen-bond donors (Lipinski definition) is 0. The van der Waals surface area contributed by atoms with Crippen molar-refractivity contribution in [1.29, 1.82) is 0 Å². The molecule has 0 radical (unpaired) electrons. The molecule has 2 aromatic rings. The molecule has 2 aromatic heterocycles. The molecular formula is C16H24ClN3. The minimum atomic E-state index is -0.108. The summed E-state index contributed by atoms with van der Waals surface area (Å²) in [7, 11) is 0. The lowest BCUT2D eigenvalue weighted by Gasteiger charge is -2.21. The van der Waals surface area contributed by atoms with Gasteiger partial charge in [-0.3, -0.25) is 0 Å². The van der Waals surface area contributed by atoms with E-state index in [2.05, 4.69) is 37.2 Å². The van der Waals surface area contributed by atoms with Crippen molar-refractivity contribution in [3.05, 3.63) is 23.7 Å². The van der Waals surface area contributed by atoms with Crippen molar-refractivity contribution in [3.63, 3.8) is 0 Å². The van der Waals surface area contributed by atoms with Crippen LogP contribution in [-0.4, -0.2) is 14.5 Å². The molecule has 0 amide bonds. The topological polar surface area (TPSA) is 30.7 Å². The largest absolute Gasteiger partial charge is 0.309 e. The smallest absolute Gasteiger partial charge is 0.160 e. The summed E-state index contributed by atoms with van der Waals surface area (Å²) in [5.74, 6) is 1.62. The van der Waals surface area contributed by atoms with E-state index in [1.165, 1.54) is 6.42 Å². The van der Waals surface area contributed by atoms with E-state index in [-0.39, 0.29) is 5.38 Å². The first-order valence-electron chi connectivity index (χ1n) is 7.43. The number of halogens is 1. The Labute approximate surface area is 126 Å². The zero-order chi connectivity index (χ0) is 14.9. The van der Waals surface area contributed by atoms with Crippen LogP contribution in [0, 0.1) is 12.8 Å². The lowest BCUT2D eigenvalue weighted by molar-refractivity contribution is 0.395. The van der Waals surface area contributed by atoms with Crippen LogP contribution in [0.4, 0.5) is 0 Å². The zero-order valence-electron chi connectivity index (χ0n) is 13.0. The molecule has 110 valence electrons. The maximum Gasteiger partial charge on any atom is 0.160 e. The number of aryl methyl sites for hydroxylation is 1. The molecule has 2 rings (SSSR count). The predicted molar refractivity (Wildman–Crippen MR) is 85.3 cm³/mol. The zero-order valence-corrected chi connectivity index (χ0v) is 13.8. The Morgan fingerprint density at radius 1 is 1.30 bits per heavy atom. The highest BCUT2D eigenvalue weighted by atomic mass is 35.5. The number of hydrogen-bond acceptors (Lipinski definition) is 2. The summed E-state index contributed by atoms with van der Waals surface area (Å²) < 4.78 is 2.23. The molecule has 0 spiro atoms. The SMILES string of the molecule is CCC(C)CC(C)n1c(C(C)Cl)nc2c(C)ccnc21. The standard InChI is InChI=1S/C16H24ClN3/c1-6-10(2)9-12(4)20-15(13(5)17)19-14-11(3)7-8-18-16(14)20/h7-8,10,12-13H,6,9H2,1-5H3. The monoisotopic (exact) mass is 293 g/mol. The molecule has 3 unspecified atom stereocenters. The van der Waals surface area contributed by atoms with Crippen molar-refractivity contribution >= 4 is 22.8 Å². The first-order chi connectivity index (χ1) is 9.45. The van der Waals surface area contributed by atoms with Crippen molar-refractivity contribution < 1.29 is 0 Å². The molecule has 0 N–H and O–H groups in total. The van der Waals surface area contributed by atoms with Crippen LogP contribution in [0.3, 0.4) is 0 Å². The average Bonchev–Trinajstić information content (AvgIpc) is 2.79. The highest BCUT2D eigenvalue weighted by Gasteiger charge is 2.21. The second-order valence-electron chi connectivity index (χ2n) is 5.85. The average molecular weight is 294 g/mol. The summed E-state index contributed by atoms with van der Waals surface area (Å²) in [4.78, 5) is 9.28. The quantitative estimate of drug-likeness (QED) is 0.723. The fraction of sp³-hybridized carbons (Fsp3) is 0.625. The highest BCUT2D eigenvalue weighted by Crippen LogP contribution is 2.31. The predicted octanol–water partition coefficient (Wildman–Crippen LogP) is 5.04. The molecule has 0 saturated heterocycles. The fourth-order valence-corrected chi connectivity index (χ4v) is 2.85. The maximum atomic E-state index is 6.34. The minimum Gasteiger partial charge on any atom is -0.309 e. The summed E-state index contributed by atoms with van der Waals surface area (Å²) in [6.45, 7) is 10.8. The van der Waals surface area contributed by atoms with Crippen molar-refractivity contribution in [2.75, 3.05) is 0 Å². The summed E-state index contributed by atoms with van der Waals surface area (Å²) >= 11 is 6.34. The molecule has 3 atom stereocenters. The third kappa shape index (κ3) is 2.83. The van der Waals surface area contributed by atoms with Crippen molar-refractivity contribution in [1.82, 2.24) is 14.5 Å². The summed E-state index contributed by atoms with van der Waals surface area (Å²) in [5.41, 5.74) is 3.09. The molecule has 4 heteroatoms. The third-order valence-electron chi connectivity index (χ3n) is 4.05. The van der Waals surface area contributed by atoms with Crippen LogP contribution in [0.25, 0.3) is 11.2 Å². The fourth-order valence-electron chi connectivity index (χ4n) is 2.70. The van der Waals surface area contributed by atoms with Crippen LogP contribution >= 0.6 is 11.6 Å². The second kappa shape index (κ2) is 6.13. The molecule has 0 aromatic carbocycles. The normalized spacial score (nSPS) is 16.3. The van der Waals surface area contributed by atoms with E-state index in [0.29, 0.717) is 12.0 Å². The molecule has 0 aliphatic heterocycles. The molecule has 20 heavy (non-hydrogen) atoms. The number of aromatic nitrogens is 3. The summed E-state index contributed by atoms with van der Waals surface area (Å²) in [5, 5.41) is -0.108. The van der Waals surface area contributed by atoms with Gasteiger partial charge in [0, 0.05) is 12.2 Å². The molecule has 0 aliphatic rings. The van der Waals surface area contributed by atoms with Gasteiger partial charge in [0.1, 0.15) is 11.3 Å². The molecule has 0 fully saturated rings. The van der Waals surface area contributed by atoms with Crippen LogP contribution in [0.1, 0.15) is 63.3 Å². The third-order valence-corrected chi connectivity index (χ3v) is 4.24. The molecule has 0 aliphatic carbocycles. The van der Waals surface area contributed by atoms with E-state index in [4.69, 9.17) is 16.6 Å². The molecule has 0 saturated carbocycles. The van der Waals surface area contributed by atoms with Gasteiger partial charge in [0.2, 0.25) is 0 Å². The van der Waals surface area contributed by atoms with Crippen molar-refractivity contribution in [2.24, 2.45) is 5.92 Å². The highest BCUT2D eigenvalue weighted by molar-refractivity contribution is 6.20. The van der Waals surface area contributed by atoms with E-state index in [1.807, 2.05) is 19.2 Å². The molecule has 0 bridgehead atoms. The molecular weight excluding hydrogens is 270 g/mol. The summed E-state index contributed by atoms with van der Waals surface area (Å²) in [6, 6.07) is 2.36. The van der Waals surface area contributed by atoms with Gasteiger partial charge in [0.25, 0.3) is 0 Å². The Hall–Kier alpha value is -1.09. The van der Waals surface area contributed by atoms with Crippen LogP contribution in [-0.2, 0) is 0 Å². The van der Waals surface area contributed by atoms with Crippen LogP contribution in [0.15, 0.2) is 12.3 Å². The van der Waals surface area contributed by atoms with Gasteiger partial charge in [-0.15, -0.1) is 11.6 Å². The lowest BCUT2D eigenvalue weighted by Crippen LogP contribution is -2.13. The Bertz CT molecular complexity index is 589. The number of fused-ring (bicyclic) bond motifs is 1. The van der Waals surface area contributed by atoms with E-state index in [1.54, 1.807) is 0 Å². The minimum absolute atomic E-state index is 0.108. The van der Waals surface area contributed by atoms with Gasteiger partial charge in [-0.1, -0.05) is 20.3 Å². The van der Waals surface area contributed by atoms with E-state index >= 15 is 0 Å². The van der Waals surface area contributed by atoms with Crippen LogP contribution in [0.5, 0.6) is 0 Å². The maximum absolute atomic E-state index is 6.34. The number of rotatable bonds is 5. The Kier molecular flexibility index (Phi) is 4.69. The van der Waals surface area contributed by atoms with Gasteiger partial charge in [0.05, 0.1) is 5.38 Å². The van der Waals surface area contributed by atoms with Crippen LogP contribution < -0.4 is 0 Å². The van der Waals surface area contributed by atoms with E-state index in [9.17, 15) is 0 Å². The number of pyridine rings is 1. The van der Waals surface area contributed by atoms with Gasteiger partial charge in [0.15, 0.2) is 5.65 Å². The molecule has 2 heterocycles. The number of alkyl halides is 1.